The zero-order valence-corrected chi connectivity index (χ0v) is 15.6. The van der Waals surface area contributed by atoms with Crippen molar-refractivity contribution in [2.45, 2.75) is 83.6 Å². The molecule has 1 saturated heterocycles. The highest BCUT2D eigenvalue weighted by atomic mass is 15.2. The molecule has 132 valence electrons. The SMILES string of the molecule is CN(CCCCCCN)CCCCC(C)(C)N1CCCCC1. The van der Waals surface area contributed by atoms with Gasteiger partial charge in [0.15, 0.2) is 0 Å². The van der Waals surface area contributed by atoms with Crippen LogP contribution in [0, 0.1) is 0 Å². The third-order valence-electron chi connectivity index (χ3n) is 5.28. The van der Waals surface area contributed by atoms with Crippen molar-refractivity contribution in [3.05, 3.63) is 0 Å². The van der Waals surface area contributed by atoms with Crippen LogP contribution in [0.4, 0.5) is 0 Å². The molecule has 2 N–H and O–H groups in total. The van der Waals surface area contributed by atoms with Gasteiger partial charge in [-0.05, 0) is 92.1 Å². The van der Waals surface area contributed by atoms with Crippen LogP contribution in [0.3, 0.4) is 0 Å². The number of nitrogens with two attached hydrogens (primary N) is 1. The van der Waals surface area contributed by atoms with Crippen LogP contribution in [0.15, 0.2) is 0 Å². The van der Waals surface area contributed by atoms with Crippen molar-refractivity contribution in [3.63, 3.8) is 0 Å². The normalized spacial score (nSPS) is 17.3. The highest BCUT2D eigenvalue weighted by molar-refractivity contribution is 4.83. The summed E-state index contributed by atoms with van der Waals surface area (Å²) in [5, 5.41) is 0. The Morgan fingerprint density at radius 1 is 0.864 bits per heavy atom. The number of piperidine rings is 1. The van der Waals surface area contributed by atoms with Gasteiger partial charge < -0.3 is 10.6 Å². The van der Waals surface area contributed by atoms with Gasteiger partial charge in [0, 0.05) is 5.54 Å². The Bertz CT molecular complexity index is 259. The second-order valence-electron chi connectivity index (χ2n) is 7.82. The van der Waals surface area contributed by atoms with E-state index in [0.29, 0.717) is 5.54 Å². The van der Waals surface area contributed by atoms with Crippen molar-refractivity contribution in [2.75, 3.05) is 39.8 Å². The van der Waals surface area contributed by atoms with E-state index in [0.717, 1.165) is 6.54 Å². The quantitative estimate of drug-likeness (QED) is 0.555. The van der Waals surface area contributed by atoms with E-state index in [1.807, 2.05) is 0 Å². The molecular weight excluding hydrogens is 270 g/mol. The molecule has 0 radical (unpaired) electrons. The van der Waals surface area contributed by atoms with Gasteiger partial charge >= 0.3 is 0 Å². The summed E-state index contributed by atoms with van der Waals surface area (Å²) in [6, 6.07) is 0. The first kappa shape index (κ1) is 19.9. The third kappa shape index (κ3) is 8.50. The van der Waals surface area contributed by atoms with E-state index in [-0.39, 0.29) is 0 Å². The van der Waals surface area contributed by atoms with Crippen LogP contribution in [0.25, 0.3) is 0 Å². The van der Waals surface area contributed by atoms with E-state index in [4.69, 9.17) is 5.73 Å². The van der Waals surface area contributed by atoms with E-state index in [1.54, 1.807) is 0 Å². The van der Waals surface area contributed by atoms with Crippen molar-refractivity contribution in [1.82, 2.24) is 9.80 Å². The maximum Gasteiger partial charge on any atom is 0.0153 e. The van der Waals surface area contributed by atoms with E-state index in [2.05, 4.69) is 30.7 Å². The summed E-state index contributed by atoms with van der Waals surface area (Å²) in [5.41, 5.74) is 5.93. The third-order valence-corrected chi connectivity index (χ3v) is 5.28. The molecule has 0 atom stereocenters. The molecule has 1 aliphatic heterocycles. The van der Waals surface area contributed by atoms with Crippen LogP contribution >= 0.6 is 0 Å². The maximum absolute atomic E-state index is 5.53. The Balaban J connectivity index is 2.03. The molecule has 0 spiro atoms. The Kier molecular flexibility index (Phi) is 10.3. The van der Waals surface area contributed by atoms with Gasteiger partial charge in [-0.15, -0.1) is 0 Å². The maximum atomic E-state index is 5.53. The fraction of sp³-hybridized carbons (Fsp3) is 1.00. The first-order valence-electron chi connectivity index (χ1n) is 9.70. The molecule has 3 nitrogen and oxygen atoms in total. The molecule has 3 heteroatoms. The van der Waals surface area contributed by atoms with E-state index in [9.17, 15) is 0 Å². The molecule has 1 rings (SSSR count). The minimum Gasteiger partial charge on any atom is -0.330 e. The Labute approximate surface area is 139 Å². The van der Waals surface area contributed by atoms with Crippen LogP contribution < -0.4 is 5.73 Å². The van der Waals surface area contributed by atoms with Crippen LogP contribution in [-0.4, -0.2) is 55.1 Å². The van der Waals surface area contributed by atoms with Gasteiger partial charge in [0.2, 0.25) is 0 Å². The standard InChI is InChI=1S/C19H41N3/c1-19(2,22-17-10-6-11-18-22)13-7-12-16-21(3)15-9-5-4-8-14-20/h4-18,20H2,1-3H3. The lowest BCUT2D eigenvalue weighted by Gasteiger charge is -2.41. The first-order valence-corrected chi connectivity index (χ1v) is 9.70. The van der Waals surface area contributed by atoms with Gasteiger partial charge in [-0.3, -0.25) is 4.90 Å². The number of rotatable bonds is 12. The minimum absolute atomic E-state index is 0.404. The van der Waals surface area contributed by atoms with Crippen LogP contribution in [0.1, 0.15) is 78.1 Å². The predicted molar refractivity (Wildman–Crippen MR) is 98.4 cm³/mol. The lowest BCUT2D eigenvalue weighted by atomic mass is 9.92. The van der Waals surface area contributed by atoms with Gasteiger partial charge in [-0.25, -0.2) is 0 Å². The van der Waals surface area contributed by atoms with Gasteiger partial charge in [-0.2, -0.15) is 0 Å². The second kappa shape index (κ2) is 11.4. The van der Waals surface area contributed by atoms with Crippen molar-refractivity contribution < 1.29 is 0 Å². The van der Waals surface area contributed by atoms with Crippen LogP contribution in [-0.2, 0) is 0 Å². The average molecular weight is 312 g/mol. The first-order chi connectivity index (χ1) is 10.6. The van der Waals surface area contributed by atoms with Gasteiger partial charge in [0.25, 0.3) is 0 Å². The molecule has 1 heterocycles. The number of nitrogens with zero attached hydrogens (tertiary/aromatic N) is 2. The Morgan fingerprint density at radius 3 is 2.09 bits per heavy atom. The summed E-state index contributed by atoms with van der Waals surface area (Å²) in [6.07, 6.45) is 13.4. The number of unbranched alkanes of at least 4 members (excludes halogenated alkanes) is 4. The molecule has 0 aliphatic carbocycles. The molecule has 1 aliphatic rings. The Morgan fingerprint density at radius 2 is 1.45 bits per heavy atom. The minimum atomic E-state index is 0.404. The van der Waals surface area contributed by atoms with Crippen molar-refractivity contribution in [3.8, 4) is 0 Å². The van der Waals surface area contributed by atoms with E-state index in [1.165, 1.54) is 90.4 Å². The number of hydrogen-bond donors (Lipinski definition) is 1. The largest absolute Gasteiger partial charge is 0.330 e. The summed E-state index contributed by atoms with van der Waals surface area (Å²) >= 11 is 0. The smallest absolute Gasteiger partial charge is 0.0153 e. The summed E-state index contributed by atoms with van der Waals surface area (Å²) in [5.74, 6) is 0. The van der Waals surface area contributed by atoms with Gasteiger partial charge in [-0.1, -0.05) is 25.7 Å². The topological polar surface area (TPSA) is 32.5 Å². The van der Waals surface area contributed by atoms with Gasteiger partial charge in [0.05, 0.1) is 0 Å². The van der Waals surface area contributed by atoms with E-state index >= 15 is 0 Å². The second-order valence-corrected chi connectivity index (χ2v) is 7.82. The molecule has 22 heavy (non-hydrogen) atoms. The average Bonchev–Trinajstić information content (AvgIpc) is 2.52. The molecule has 0 aromatic carbocycles. The van der Waals surface area contributed by atoms with Crippen molar-refractivity contribution in [2.24, 2.45) is 5.73 Å². The summed E-state index contributed by atoms with van der Waals surface area (Å²) in [4.78, 5) is 5.23. The zero-order valence-electron chi connectivity index (χ0n) is 15.6. The molecule has 0 aromatic rings. The van der Waals surface area contributed by atoms with Crippen LogP contribution in [0.2, 0.25) is 0 Å². The fourth-order valence-electron chi connectivity index (χ4n) is 3.59. The molecule has 0 aromatic heterocycles. The van der Waals surface area contributed by atoms with Crippen molar-refractivity contribution in [1.29, 1.82) is 0 Å². The summed E-state index contributed by atoms with van der Waals surface area (Å²) < 4.78 is 0. The van der Waals surface area contributed by atoms with Gasteiger partial charge in [0.1, 0.15) is 0 Å². The highest BCUT2D eigenvalue weighted by Crippen LogP contribution is 2.25. The highest BCUT2D eigenvalue weighted by Gasteiger charge is 2.26. The molecule has 0 bridgehead atoms. The summed E-state index contributed by atoms with van der Waals surface area (Å²) in [7, 11) is 2.28. The van der Waals surface area contributed by atoms with E-state index < -0.39 is 0 Å². The monoisotopic (exact) mass is 311 g/mol. The van der Waals surface area contributed by atoms with Crippen LogP contribution in [0.5, 0.6) is 0 Å². The summed E-state index contributed by atoms with van der Waals surface area (Å²) in [6.45, 7) is 10.9. The molecule has 0 saturated carbocycles. The van der Waals surface area contributed by atoms with Crippen molar-refractivity contribution >= 4 is 0 Å². The lowest BCUT2D eigenvalue weighted by molar-refractivity contribution is 0.0850. The number of likely N-dealkylation sites (tertiary alicyclic amines) is 1. The Hall–Kier alpha value is -0.120. The fourth-order valence-corrected chi connectivity index (χ4v) is 3.59. The zero-order chi connectivity index (χ0) is 16.3. The molecule has 0 unspecified atom stereocenters. The lowest BCUT2D eigenvalue weighted by Crippen LogP contribution is -2.46. The molecule has 1 fully saturated rings. The predicted octanol–water partition coefficient (Wildman–Crippen LogP) is 3.87. The molecule has 0 amide bonds. The number of hydrogen-bond acceptors (Lipinski definition) is 3. The molecular formula is C19H41N3.